The maximum Gasteiger partial charge on any atom is 0.227 e. The first-order valence-corrected chi connectivity index (χ1v) is 10.4. The van der Waals surface area contributed by atoms with Crippen molar-refractivity contribution in [3.05, 3.63) is 46.2 Å². The molecule has 2 aromatic rings. The highest BCUT2D eigenvalue weighted by Crippen LogP contribution is 2.27. The van der Waals surface area contributed by atoms with Crippen LogP contribution in [0.3, 0.4) is 0 Å². The number of carbonyl (C=O) groups excluding carboxylic acids is 2. The molecule has 0 bridgehead atoms. The molecule has 1 N–H and O–H groups in total. The number of nitrogens with zero attached hydrogens (tertiary/aromatic N) is 1. The maximum atomic E-state index is 12.4. The van der Waals surface area contributed by atoms with E-state index in [0.717, 1.165) is 21.9 Å². The molecule has 1 aromatic heterocycles. The number of thioether (sulfide) groups is 1. The SMILES string of the molecule is CCc1ccc(CNC(=O)C2CC(=O)N(c3ccc(SC)cc3)C2)s1. The predicted molar refractivity (Wildman–Crippen MR) is 104 cm³/mol. The lowest BCUT2D eigenvalue weighted by molar-refractivity contribution is -0.126. The number of anilines is 1. The lowest BCUT2D eigenvalue weighted by Gasteiger charge is -2.17. The molecule has 4 nitrogen and oxygen atoms in total. The number of rotatable bonds is 6. The zero-order valence-corrected chi connectivity index (χ0v) is 16.1. The Morgan fingerprint density at radius 2 is 1.96 bits per heavy atom. The molecule has 1 aliphatic heterocycles. The van der Waals surface area contributed by atoms with Crippen molar-refractivity contribution in [3.8, 4) is 0 Å². The molecule has 1 fully saturated rings. The molecule has 0 aliphatic carbocycles. The number of hydrogen-bond donors (Lipinski definition) is 1. The van der Waals surface area contributed by atoms with Crippen LogP contribution in [-0.2, 0) is 22.6 Å². The first-order valence-electron chi connectivity index (χ1n) is 8.40. The summed E-state index contributed by atoms with van der Waals surface area (Å²) in [5, 5.41) is 2.98. The minimum Gasteiger partial charge on any atom is -0.351 e. The fourth-order valence-corrected chi connectivity index (χ4v) is 4.23. The van der Waals surface area contributed by atoms with E-state index in [4.69, 9.17) is 0 Å². The van der Waals surface area contributed by atoms with Gasteiger partial charge in [-0.2, -0.15) is 0 Å². The Morgan fingerprint density at radius 1 is 1.24 bits per heavy atom. The van der Waals surface area contributed by atoms with Crippen LogP contribution in [0.1, 0.15) is 23.1 Å². The monoisotopic (exact) mass is 374 g/mol. The van der Waals surface area contributed by atoms with Gasteiger partial charge in [0.05, 0.1) is 12.5 Å². The maximum absolute atomic E-state index is 12.4. The van der Waals surface area contributed by atoms with Gasteiger partial charge in [0, 0.05) is 33.3 Å². The van der Waals surface area contributed by atoms with Crippen LogP contribution >= 0.6 is 23.1 Å². The number of benzene rings is 1. The van der Waals surface area contributed by atoms with E-state index < -0.39 is 0 Å². The average Bonchev–Trinajstić information content (AvgIpc) is 3.26. The minimum absolute atomic E-state index is 0.0152. The van der Waals surface area contributed by atoms with Gasteiger partial charge in [0.15, 0.2) is 0 Å². The fraction of sp³-hybridized carbons (Fsp3) is 0.368. The Balaban J connectivity index is 1.58. The second kappa shape index (κ2) is 8.06. The van der Waals surface area contributed by atoms with Crippen molar-refractivity contribution in [2.75, 3.05) is 17.7 Å². The predicted octanol–water partition coefficient (Wildman–Crippen LogP) is 3.70. The second-order valence-electron chi connectivity index (χ2n) is 6.04. The molecule has 132 valence electrons. The summed E-state index contributed by atoms with van der Waals surface area (Å²) < 4.78 is 0. The molecule has 2 amide bonds. The summed E-state index contributed by atoms with van der Waals surface area (Å²) in [4.78, 5) is 30.1. The van der Waals surface area contributed by atoms with Crippen LogP contribution in [0.2, 0.25) is 0 Å². The number of aryl methyl sites for hydroxylation is 1. The quantitative estimate of drug-likeness (QED) is 0.785. The average molecular weight is 375 g/mol. The number of nitrogens with one attached hydrogen (secondary N) is 1. The largest absolute Gasteiger partial charge is 0.351 e. The lowest BCUT2D eigenvalue weighted by Crippen LogP contribution is -2.32. The van der Waals surface area contributed by atoms with Gasteiger partial charge in [-0.15, -0.1) is 23.1 Å². The number of hydrogen-bond acceptors (Lipinski definition) is 4. The summed E-state index contributed by atoms with van der Waals surface area (Å²) in [5.41, 5.74) is 0.865. The molecule has 1 aromatic carbocycles. The van der Waals surface area contributed by atoms with Gasteiger partial charge in [0.2, 0.25) is 11.8 Å². The van der Waals surface area contributed by atoms with E-state index >= 15 is 0 Å². The van der Waals surface area contributed by atoms with Crippen molar-refractivity contribution in [2.24, 2.45) is 5.92 Å². The Hall–Kier alpha value is -1.79. The summed E-state index contributed by atoms with van der Waals surface area (Å²) in [6, 6.07) is 12.1. The highest BCUT2D eigenvalue weighted by Gasteiger charge is 2.34. The van der Waals surface area contributed by atoms with Gasteiger partial charge in [0.1, 0.15) is 0 Å². The van der Waals surface area contributed by atoms with Crippen molar-refractivity contribution in [1.82, 2.24) is 5.32 Å². The standard InChI is InChI=1S/C19H22N2O2S2/c1-3-15-8-9-17(25-15)11-20-19(23)13-10-18(22)21(12-13)14-4-6-16(24-2)7-5-14/h4-9,13H,3,10-12H2,1-2H3,(H,20,23). The summed E-state index contributed by atoms with van der Waals surface area (Å²) >= 11 is 3.39. The van der Waals surface area contributed by atoms with E-state index in [2.05, 4.69) is 24.4 Å². The zero-order chi connectivity index (χ0) is 17.8. The number of thiophene rings is 1. The fourth-order valence-electron chi connectivity index (χ4n) is 2.92. The van der Waals surface area contributed by atoms with Gasteiger partial charge >= 0.3 is 0 Å². The molecule has 0 saturated carbocycles. The van der Waals surface area contributed by atoms with E-state index in [0.29, 0.717) is 13.1 Å². The van der Waals surface area contributed by atoms with E-state index in [1.165, 1.54) is 4.88 Å². The van der Waals surface area contributed by atoms with Crippen LogP contribution in [0.15, 0.2) is 41.3 Å². The molecule has 25 heavy (non-hydrogen) atoms. The molecular formula is C19H22N2O2S2. The highest BCUT2D eigenvalue weighted by molar-refractivity contribution is 7.98. The summed E-state index contributed by atoms with van der Waals surface area (Å²) in [5.74, 6) is -0.303. The van der Waals surface area contributed by atoms with Gasteiger partial charge in [-0.1, -0.05) is 6.92 Å². The van der Waals surface area contributed by atoms with Crippen LogP contribution in [0.5, 0.6) is 0 Å². The summed E-state index contributed by atoms with van der Waals surface area (Å²) in [6.45, 7) is 3.11. The van der Waals surface area contributed by atoms with Crippen LogP contribution < -0.4 is 10.2 Å². The Kier molecular flexibility index (Phi) is 5.81. The molecule has 1 aliphatic rings. The minimum atomic E-state index is -0.279. The molecular weight excluding hydrogens is 352 g/mol. The third-order valence-corrected chi connectivity index (χ3v) is 6.36. The number of amides is 2. The topological polar surface area (TPSA) is 49.4 Å². The van der Waals surface area contributed by atoms with Gasteiger partial charge in [0.25, 0.3) is 0 Å². The summed E-state index contributed by atoms with van der Waals surface area (Å²) in [6.07, 6.45) is 3.31. The lowest BCUT2D eigenvalue weighted by atomic mass is 10.1. The van der Waals surface area contributed by atoms with Gasteiger partial charge < -0.3 is 10.2 Å². The zero-order valence-electron chi connectivity index (χ0n) is 14.5. The molecule has 1 unspecified atom stereocenters. The van der Waals surface area contributed by atoms with Crippen molar-refractivity contribution in [3.63, 3.8) is 0 Å². The van der Waals surface area contributed by atoms with Crippen LogP contribution in [-0.4, -0.2) is 24.6 Å². The van der Waals surface area contributed by atoms with Gasteiger partial charge in [-0.25, -0.2) is 0 Å². The van der Waals surface area contributed by atoms with Crippen LogP contribution in [0, 0.1) is 5.92 Å². The molecule has 1 saturated heterocycles. The molecule has 0 radical (unpaired) electrons. The van der Waals surface area contributed by atoms with E-state index in [1.54, 1.807) is 28.0 Å². The summed E-state index contributed by atoms with van der Waals surface area (Å²) in [7, 11) is 0. The smallest absolute Gasteiger partial charge is 0.227 e. The first-order chi connectivity index (χ1) is 12.1. The third-order valence-electron chi connectivity index (χ3n) is 4.38. The van der Waals surface area contributed by atoms with Crippen molar-refractivity contribution < 1.29 is 9.59 Å². The third kappa shape index (κ3) is 4.25. The highest BCUT2D eigenvalue weighted by atomic mass is 32.2. The van der Waals surface area contributed by atoms with E-state index in [-0.39, 0.29) is 24.2 Å². The normalized spacial score (nSPS) is 17.1. The number of carbonyl (C=O) groups is 2. The van der Waals surface area contributed by atoms with E-state index in [9.17, 15) is 9.59 Å². The molecule has 2 heterocycles. The Labute approximate surface area is 156 Å². The van der Waals surface area contributed by atoms with Gasteiger partial charge in [-0.05, 0) is 49.1 Å². The first kappa shape index (κ1) is 18.0. The van der Waals surface area contributed by atoms with Crippen molar-refractivity contribution >= 4 is 40.6 Å². The van der Waals surface area contributed by atoms with Crippen LogP contribution in [0.25, 0.3) is 0 Å². The Bertz CT molecular complexity index is 755. The van der Waals surface area contributed by atoms with Crippen LogP contribution in [0.4, 0.5) is 5.69 Å². The van der Waals surface area contributed by atoms with Crippen molar-refractivity contribution in [1.29, 1.82) is 0 Å². The molecule has 1 atom stereocenters. The second-order valence-corrected chi connectivity index (χ2v) is 8.18. The molecule has 6 heteroatoms. The Morgan fingerprint density at radius 3 is 2.60 bits per heavy atom. The van der Waals surface area contributed by atoms with Crippen molar-refractivity contribution in [2.45, 2.75) is 31.2 Å². The molecule has 3 rings (SSSR count). The molecule has 0 spiro atoms. The van der Waals surface area contributed by atoms with Gasteiger partial charge in [-0.3, -0.25) is 9.59 Å². The van der Waals surface area contributed by atoms with E-state index in [1.807, 2.05) is 30.5 Å².